The van der Waals surface area contributed by atoms with E-state index in [1.807, 2.05) is 31.2 Å². The summed E-state index contributed by atoms with van der Waals surface area (Å²) in [5, 5.41) is 3.21. The molecule has 1 aromatic heterocycles. The van der Waals surface area contributed by atoms with Gasteiger partial charge in [0.2, 0.25) is 5.91 Å². The van der Waals surface area contributed by atoms with Gasteiger partial charge in [0.15, 0.2) is 0 Å². The lowest BCUT2D eigenvalue weighted by Crippen LogP contribution is -2.40. The first-order chi connectivity index (χ1) is 14.1. The van der Waals surface area contributed by atoms with E-state index in [2.05, 4.69) is 5.32 Å². The number of benzene rings is 3. The zero-order valence-corrected chi connectivity index (χ0v) is 15.8. The Labute approximate surface area is 166 Å². The molecule has 4 rings (SSSR count). The first-order valence-corrected chi connectivity index (χ1v) is 9.22. The van der Waals surface area contributed by atoms with Crippen LogP contribution >= 0.6 is 0 Å². The number of para-hydroxylation sites is 3. The predicted molar refractivity (Wildman–Crippen MR) is 114 cm³/mol. The maximum atomic E-state index is 13.2. The van der Waals surface area contributed by atoms with Crippen LogP contribution in [-0.2, 0) is 11.3 Å². The van der Waals surface area contributed by atoms with Gasteiger partial charge in [0.05, 0.1) is 16.6 Å². The Morgan fingerprint density at radius 3 is 2.28 bits per heavy atom. The highest BCUT2D eigenvalue weighted by Crippen LogP contribution is 2.14. The highest BCUT2D eigenvalue weighted by molar-refractivity contribution is 5.92. The molecule has 6 heteroatoms. The maximum absolute atomic E-state index is 13.2. The molecule has 144 valence electrons. The van der Waals surface area contributed by atoms with Gasteiger partial charge in [-0.2, -0.15) is 0 Å². The number of aromatic nitrogens is 2. The fourth-order valence-corrected chi connectivity index (χ4v) is 3.32. The lowest BCUT2D eigenvalue weighted by molar-refractivity contribution is -0.116. The summed E-state index contributed by atoms with van der Waals surface area (Å²) < 4.78 is 2.43. The van der Waals surface area contributed by atoms with Crippen LogP contribution in [0.15, 0.2) is 88.5 Å². The van der Waals surface area contributed by atoms with Gasteiger partial charge in [-0.05, 0) is 42.8 Å². The standard InChI is InChI=1S/C23H19N3O3/c1-16-9-5-7-13-19(16)24-21(27)15-25-20-14-8-6-12-18(20)22(28)26(23(25)29)17-10-3-2-4-11-17/h2-14H,15H2,1H3,(H,24,27). The Kier molecular flexibility index (Phi) is 4.83. The van der Waals surface area contributed by atoms with E-state index in [1.54, 1.807) is 54.6 Å². The smallest absolute Gasteiger partial charge is 0.324 e. The van der Waals surface area contributed by atoms with Crippen LogP contribution < -0.4 is 16.6 Å². The van der Waals surface area contributed by atoms with Crippen LogP contribution in [0.25, 0.3) is 16.6 Å². The number of anilines is 1. The summed E-state index contributed by atoms with van der Waals surface area (Å²) in [6.07, 6.45) is 0. The molecule has 3 aromatic carbocycles. The van der Waals surface area contributed by atoms with Gasteiger partial charge in [0.1, 0.15) is 6.54 Å². The normalized spacial score (nSPS) is 10.8. The van der Waals surface area contributed by atoms with Crippen molar-refractivity contribution < 1.29 is 4.79 Å². The third-order valence-corrected chi connectivity index (χ3v) is 4.79. The monoisotopic (exact) mass is 385 g/mol. The Morgan fingerprint density at radius 2 is 1.52 bits per heavy atom. The minimum Gasteiger partial charge on any atom is -0.324 e. The highest BCUT2D eigenvalue weighted by atomic mass is 16.2. The van der Waals surface area contributed by atoms with Crippen molar-refractivity contribution in [2.24, 2.45) is 0 Å². The Bertz CT molecular complexity index is 1320. The Hall–Kier alpha value is -3.93. The summed E-state index contributed by atoms with van der Waals surface area (Å²) in [5.41, 5.74) is 1.53. The van der Waals surface area contributed by atoms with Gasteiger partial charge < -0.3 is 5.32 Å². The Balaban J connectivity index is 1.84. The van der Waals surface area contributed by atoms with Gasteiger partial charge >= 0.3 is 5.69 Å². The first kappa shape index (κ1) is 18.4. The quantitative estimate of drug-likeness (QED) is 0.587. The molecule has 0 bridgehead atoms. The predicted octanol–water partition coefficient (Wildman–Crippen LogP) is 3.10. The number of nitrogens with zero attached hydrogens (tertiary/aromatic N) is 2. The number of hydrogen-bond acceptors (Lipinski definition) is 3. The fraction of sp³-hybridized carbons (Fsp3) is 0.0870. The van der Waals surface area contributed by atoms with Crippen LogP contribution in [0.5, 0.6) is 0 Å². The number of hydrogen-bond donors (Lipinski definition) is 1. The number of amides is 1. The molecule has 1 heterocycles. The van der Waals surface area contributed by atoms with Crippen molar-refractivity contribution in [1.82, 2.24) is 9.13 Å². The summed E-state index contributed by atoms with van der Waals surface area (Å²) in [7, 11) is 0. The van der Waals surface area contributed by atoms with Gasteiger partial charge in [-0.15, -0.1) is 0 Å². The van der Waals surface area contributed by atoms with Crippen molar-refractivity contribution in [2.45, 2.75) is 13.5 Å². The minimum absolute atomic E-state index is 0.208. The number of fused-ring (bicyclic) bond motifs is 1. The van der Waals surface area contributed by atoms with Gasteiger partial charge in [0.25, 0.3) is 5.56 Å². The largest absolute Gasteiger partial charge is 0.336 e. The van der Waals surface area contributed by atoms with Crippen molar-refractivity contribution in [3.63, 3.8) is 0 Å². The molecule has 0 aliphatic carbocycles. The zero-order valence-electron chi connectivity index (χ0n) is 15.8. The molecule has 0 fully saturated rings. The molecule has 0 aliphatic rings. The van der Waals surface area contributed by atoms with Gasteiger partial charge in [-0.25, -0.2) is 9.36 Å². The minimum atomic E-state index is -0.556. The van der Waals surface area contributed by atoms with Crippen LogP contribution in [0.1, 0.15) is 5.56 Å². The van der Waals surface area contributed by atoms with E-state index in [-0.39, 0.29) is 12.5 Å². The van der Waals surface area contributed by atoms with Crippen molar-refractivity contribution >= 4 is 22.5 Å². The van der Waals surface area contributed by atoms with E-state index < -0.39 is 11.2 Å². The van der Waals surface area contributed by atoms with E-state index in [9.17, 15) is 14.4 Å². The topological polar surface area (TPSA) is 73.1 Å². The van der Waals surface area contributed by atoms with E-state index in [0.29, 0.717) is 22.3 Å². The second-order valence-electron chi connectivity index (χ2n) is 6.73. The first-order valence-electron chi connectivity index (χ1n) is 9.22. The molecular weight excluding hydrogens is 366 g/mol. The third-order valence-electron chi connectivity index (χ3n) is 4.79. The molecule has 0 radical (unpaired) electrons. The summed E-state index contributed by atoms with van der Waals surface area (Å²) in [6, 6.07) is 22.9. The van der Waals surface area contributed by atoms with Gasteiger partial charge in [-0.1, -0.05) is 48.5 Å². The summed E-state index contributed by atoms with van der Waals surface area (Å²) >= 11 is 0. The van der Waals surface area contributed by atoms with Crippen molar-refractivity contribution in [1.29, 1.82) is 0 Å². The third kappa shape index (κ3) is 3.48. The molecule has 0 atom stereocenters. The van der Waals surface area contributed by atoms with E-state index in [0.717, 1.165) is 10.1 Å². The average molecular weight is 385 g/mol. The van der Waals surface area contributed by atoms with Crippen LogP contribution in [-0.4, -0.2) is 15.0 Å². The van der Waals surface area contributed by atoms with Gasteiger partial charge in [-0.3, -0.25) is 14.2 Å². The molecular formula is C23H19N3O3. The van der Waals surface area contributed by atoms with E-state index >= 15 is 0 Å². The van der Waals surface area contributed by atoms with Crippen LogP contribution in [0, 0.1) is 6.92 Å². The number of carbonyl (C=O) groups excluding carboxylic acids is 1. The van der Waals surface area contributed by atoms with Crippen molar-refractivity contribution in [3.8, 4) is 5.69 Å². The molecule has 0 unspecified atom stereocenters. The molecule has 0 saturated heterocycles. The lowest BCUT2D eigenvalue weighted by atomic mass is 10.2. The number of rotatable bonds is 4. The van der Waals surface area contributed by atoms with Gasteiger partial charge in [0, 0.05) is 5.69 Å². The fourth-order valence-electron chi connectivity index (χ4n) is 3.32. The SMILES string of the molecule is Cc1ccccc1NC(=O)Cn1c(=O)n(-c2ccccc2)c(=O)c2ccccc21. The Morgan fingerprint density at radius 1 is 0.862 bits per heavy atom. The second-order valence-corrected chi connectivity index (χ2v) is 6.73. The molecule has 0 aliphatic heterocycles. The van der Waals surface area contributed by atoms with Crippen molar-refractivity contribution in [2.75, 3.05) is 5.32 Å². The molecule has 1 amide bonds. The lowest BCUT2D eigenvalue weighted by Gasteiger charge is -2.14. The summed E-state index contributed by atoms with van der Waals surface area (Å²) in [4.78, 5) is 38.9. The zero-order chi connectivity index (χ0) is 20.4. The van der Waals surface area contributed by atoms with E-state index in [4.69, 9.17) is 0 Å². The molecule has 1 N–H and O–H groups in total. The molecule has 6 nitrogen and oxygen atoms in total. The maximum Gasteiger partial charge on any atom is 0.336 e. The molecule has 0 saturated carbocycles. The summed E-state index contributed by atoms with van der Waals surface area (Å²) in [5.74, 6) is -0.343. The van der Waals surface area contributed by atoms with Crippen LogP contribution in [0.2, 0.25) is 0 Å². The molecule has 0 spiro atoms. The number of aryl methyl sites for hydroxylation is 1. The average Bonchev–Trinajstić information content (AvgIpc) is 2.74. The van der Waals surface area contributed by atoms with E-state index in [1.165, 1.54) is 4.57 Å². The second kappa shape index (κ2) is 7.59. The highest BCUT2D eigenvalue weighted by Gasteiger charge is 2.16. The number of nitrogens with one attached hydrogen (secondary N) is 1. The molecule has 4 aromatic rings. The summed E-state index contributed by atoms with van der Waals surface area (Å²) in [6.45, 7) is 1.69. The van der Waals surface area contributed by atoms with Crippen LogP contribution in [0.4, 0.5) is 5.69 Å². The number of carbonyl (C=O) groups is 1. The van der Waals surface area contributed by atoms with Crippen molar-refractivity contribution in [3.05, 3.63) is 105 Å². The molecule has 29 heavy (non-hydrogen) atoms. The van der Waals surface area contributed by atoms with Crippen LogP contribution in [0.3, 0.4) is 0 Å².